The molecule has 0 amide bonds. The first-order valence-corrected chi connectivity index (χ1v) is 7.31. The lowest BCUT2D eigenvalue weighted by atomic mass is 10.3. The zero-order valence-electron chi connectivity index (χ0n) is 11.2. The van der Waals surface area contributed by atoms with Crippen LogP contribution in [0.15, 0.2) is 6.07 Å². The zero-order valence-corrected chi connectivity index (χ0v) is 12.0. The fourth-order valence-corrected chi connectivity index (χ4v) is 3.57. The molecule has 0 spiro atoms. The molecule has 0 aromatic carbocycles. The van der Waals surface area contributed by atoms with E-state index in [1.54, 1.807) is 0 Å². The maximum atomic E-state index is 5.46. The Kier molecular flexibility index (Phi) is 4.29. The van der Waals surface area contributed by atoms with E-state index in [0.717, 1.165) is 31.2 Å². The number of nitrogens with one attached hydrogen (secondary N) is 1. The van der Waals surface area contributed by atoms with Crippen LogP contribution in [0.3, 0.4) is 0 Å². The summed E-state index contributed by atoms with van der Waals surface area (Å²) in [5.41, 5.74) is 2.62. The van der Waals surface area contributed by atoms with Gasteiger partial charge in [-0.05, 0) is 0 Å². The Bertz CT molecular complexity index is 379. The lowest BCUT2D eigenvalue weighted by Crippen LogP contribution is -2.41. The molecule has 100 valence electrons. The van der Waals surface area contributed by atoms with Crippen LogP contribution in [-0.4, -0.2) is 33.6 Å². The number of aryl methyl sites for hydroxylation is 1. The number of rotatable bonds is 3. The van der Waals surface area contributed by atoms with Crippen LogP contribution in [0.1, 0.15) is 26.6 Å². The van der Waals surface area contributed by atoms with Gasteiger partial charge in [-0.25, -0.2) is 15.8 Å². The SMILES string of the molecule is CCc1nc(NN)cc(N2CC(C)SC(C)C2)n1. The number of anilines is 2. The fraction of sp³-hybridized carbons (Fsp3) is 0.667. The number of nitrogen functional groups attached to an aromatic ring is 1. The number of hydrogen-bond acceptors (Lipinski definition) is 6. The summed E-state index contributed by atoms with van der Waals surface area (Å²) >= 11 is 2.03. The van der Waals surface area contributed by atoms with Crippen molar-refractivity contribution in [1.82, 2.24) is 9.97 Å². The summed E-state index contributed by atoms with van der Waals surface area (Å²) < 4.78 is 0. The van der Waals surface area contributed by atoms with Gasteiger partial charge in [-0.3, -0.25) is 0 Å². The van der Waals surface area contributed by atoms with E-state index in [4.69, 9.17) is 5.84 Å². The van der Waals surface area contributed by atoms with Crippen molar-refractivity contribution in [2.75, 3.05) is 23.4 Å². The molecule has 5 nitrogen and oxygen atoms in total. The zero-order chi connectivity index (χ0) is 13.1. The van der Waals surface area contributed by atoms with E-state index >= 15 is 0 Å². The van der Waals surface area contributed by atoms with Crippen molar-refractivity contribution < 1.29 is 0 Å². The molecule has 2 heterocycles. The highest BCUT2D eigenvalue weighted by Crippen LogP contribution is 2.28. The van der Waals surface area contributed by atoms with Crippen LogP contribution in [0.5, 0.6) is 0 Å². The first-order valence-electron chi connectivity index (χ1n) is 6.37. The quantitative estimate of drug-likeness (QED) is 0.641. The van der Waals surface area contributed by atoms with Crippen LogP contribution in [0.2, 0.25) is 0 Å². The predicted molar refractivity (Wildman–Crippen MR) is 77.9 cm³/mol. The van der Waals surface area contributed by atoms with Crippen molar-refractivity contribution in [1.29, 1.82) is 0 Å². The minimum Gasteiger partial charge on any atom is -0.354 e. The molecule has 2 unspecified atom stereocenters. The molecule has 0 radical (unpaired) electrons. The summed E-state index contributed by atoms with van der Waals surface area (Å²) in [5, 5.41) is 1.26. The molecule has 1 aliphatic heterocycles. The average molecular weight is 267 g/mol. The molecule has 1 fully saturated rings. The molecular weight excluding hydrogens is 246 g/mol. The van der Waals surface area contributed by atoms with E-state index in [1.807, 2.05) is 17.8 Å². The van der Waals surface area contributed by atoms with Gasteiger partial charge in [0.1, 0.15) is 17.5 Å². The van der Waals surface area contributed by atoms with E-state index in [9.17, 15) is 0 Å². The monoisotopic (exact) mass is 267 g/mol. The molecular formula is C12H21N5S. The Labute approximate surface area is 113 Å². The second kappa shape index (κ2) is 5.75. The van der Waals surface area contributed by atoms with Gasteiger partial charge in [0.2, 0.25) is 0 Å². The van der Waals surface area contributed by atoms with Gasteiger partial charge in [0, 0.05) is 36.1 Å². The lowest BCUT2D eigenvalue weighted by molar-refractivity contribution is 0.713. The lowest BCUT2D eigenvalue weighted by Gasteiger charge is -2.35. The largest absolute Gasteiger partial charge is 0.354 e. The fourth-order valence-electron chi connectivity index (χ4n) is 2.24. The van der Waals surface area contributed by atoms with Crippen LogP contribution in [-0.2, 0) is 6.42 Å². The molecule has 0 aliphatic carbocycles. The highest BCUT2D eigenvalue weighted by Gasteiger charge is 2.23. The Hall–Kier alpha value is -1.01. The topological polar surface area (TPSA) is 67.1 Å². The minimum atomic E-state index is 0.628. The summed E-state index contributed by atoms with van der Waals surface area (Å²) in [6.45, 7) is 8.63. The molecule has 3 N–H and O–H groups in total. The molecule has 1 aromatic rings. The van der Waals surface area contributed by atoms with Gasteiger partial charge in [0.15, 0.2) is 0 Å². The van der Waals surface area contributed by atoms with Gasteiger partial charge < -0.3 is 10.3 Å². The van der Waals surface area contributed by atoms with Crippen molar-refractivity contribution in [3.05, 3.63) is 11.9 Å². The third kappa shape index (κ3) is 3.05. The minimum absolute atomic E-state index is 0.628. The van der Waals surface area contributed by atoms with Crippen molar-refractivity contribution in [3.8, 4) is 0 Å². The van der Waals surface area contributed by atoms with Crippen molar-refractivity contribution >= 4 is 23.4 Å². The maximum absolute atomic E-state index is 5.46. The van der Waals surface area contributed by atoms with Crippen molar-refractivity contribution in [2.45, 2.75) is 37.7 Å². The Morgan fingerprint density at radius 1 is 1.39 bits per heavy atom. The van der Waals surface area contributed by atoms with Crippen LogP contribution in [0.4, 0.5) is 11.6 Å². The standard InChI is InChI=1S/C12H21N5S/c1-4-10-14-11(16-13)5-12(15-10)17-6-8(2)18-9(3)7-17/h5,8-9H,4,6-7,13H2,1-3H3,(H,14,15,16). The second-order valence-corrected chi connectivity index (χ2v) is 6.57. The van der Waals surface area contributed by atoms with Crippen molar-refractivity contribution in [2.24, 2.45) is 5.84 Å². The molecule has 18 heavy (non-hydrogen) atoms. The Balaban J connectivity index is 2.25. The van der Waals surface area contributed by atoms with Crippen LogP contribution in [0.25, 0.3) is 0 Å². The van der Waals surface area contributed by atoms with Crippen LogP contribution in [0, 0.1) is 0 Å². The van der Waals surface area contributed by atoms with Gasteiger partial charge in [-0.15, -0.1) is 0 Å². The molecule has 0 bridgehead atoms. The summed E-state index contributed by atoms with van der Waals surface area (Å²) in [6.07, 6.45) is 0.816. The van der Waals surface area contributed by atoms with Gasteiger partial charge in [0.25, 0.3) is 0 Å². The van der Waals surface area contributed by atoms with Crippen LogP contribution < -0.4 is 16.2 Å². The second-order valence-electron chi connectivity index (χ2n) is 4.69. The highest BCUT2D eigenvalue weighted by atomic mass is 32.2. The van der Waals surface area contributed by atoms with E-state index in [-0.39, 0.29) is 0 Å². The van der Waals surface area contributed by atoms with E-state index in [0.29, 0.717) is 16.3 Å². The number of nitrogens with two attached hydrogens (primary N) is 1. The van der Waals surface area contributed by atoms with Gasteiger partial charge in [0.05, 0.1) is 0 Å². The Morgan fingerprint density at radius 3 is 2.61 bits per heavy atom. The maximum Gasteiger partial charge on any atom is 0.145 e. The number of hydrogen-bond donors (Lipinski definition) is 2. The highest BCUT2D eigenvalue weighted by molar-refractivity contribution is 8.00. The third-order valence-corrected chi connectivity index (χ3v) is 4.19. The summed E-state index contributed by atoms with van der Waals surface area (Å²) in [4.78, 5) is 11.3. The third-order valence-electron chi connectivity index (χ3n) is 2.97. The normalized spacial score (nSPS) is 24.1. The first-order chi connectivity index (χ1) is 8.62. The molecule has 2 atom stereocenters. The van der Waals surface area contributed by atoms with Gasteiger partial charge in [-0.1, -0.05) is 20.8 Å². The number of thioether (sulfide) groups is 1. The summed E-state index contributed by atoms with van der Waals surface area (Å²) in [5.74, 6) is 7.97. The summed E-state index contributed by atoms with van der Waals surface area (Å²) in [6, 6.07) is 1.93. The molecule has 1 aromatic heterocycles. The first kappa shape index (κ1) is 13.4. The van der Waals surface area contributed by atoms with E-state index < -0.39 is 0 Å². The molecule has 6 heteroatoms. The number of hydrazine groups is 1. The van der Waals surface area contributed by atoms with Crippen molar-refractivity contribution in [3.63, 3.8) is 0 Å². The smallest absolute Gasteiger partial charge is 0.145 e. The van der Waals surface area contributed by atoms with Crippen LogP contribution >= 0.6 is 11.8 Å². The van der Waals surface area contributed by atoms with E-state index in [1.165, 1.54) is 0 Å². The molecule has 1 saturated heterocycles. The molecule has 1 aliphatic rings. The molecule has 0 saturated carbocycles. The van der Waals surface area contributed by atoms with Gasteiger partial charge >= 0.3 is 0 Å². The number of nitrogens with zero attached hydrogens (tertiary/aromatic N) is 3. The molecule has 2 rings (SSSR count). The Morgan fingerprint density at radius 2 is 2.06 bits per heavy atom. The number of aromatic nitrogens is 2. The van der Waals surface area contributed by atoms with Gasteiger partial charge in [-0.2, -0.15) is 11.8 Å². The average Bonchev–Trinajstić information content (AvgIpc) is 2.37. The predicted octanol–water partition coefficient (Wildman–Crippen LogP) is 1.65. The van der Waals surface area contributed by atoms with E-state index in [2.05, 4.69) is 41.1 Å². The summed E-state index contributed by atoms with van der Waals surface area (Å²) in [7, 11) is 0.